The minimum absolute atomic E-state index is 0.0345. The van der Waals surface area contributed by atoms with E-state index in [9.17, 15) is 15.0 Å². The summed E-state index contributed by atoms with van der Waals surface area (Å²) in [6.45, 7) is 7.95. The van der Waals surface area contributed by atoms with Crippen LogP contribution in [-0.4, -0.2) is 111 Å². The summed E-state index contributed by atoms with van der Waals surface area (Å²) in [5, 5.41) is 27.5. The highest BCUT2D eigenvalue weighted by Gasteiger charge is 2.47. The van der Waals surface area contributed by atoms with Crippen molar-refractivity contribution in [3.8, 4) is 0 Å². The number of hydrogen-bond acceptors (Lipinski definition) is 10. The minimum Gasteiger partial charge on any atom is -0.436 e. The summed E-state index contributed by atoms with van der Waals surface area (Å²) in [4.78, 5) is 11.0. The fraction of sp³-hybridized carbons (Fsp3) is 1.00. The lowest BCUT2D eigenvalue weighted by Crippen LogP contribution is -2.57. The topological polar surface area (TPSA) is 140 Å². The third kappa shape index (κ3) is 13.5. The highest BCUT2D eigenvalue weighted by atomic mass is 28.5. The quantitative estimate of drug-likeness (QED) is 0.105. The molecule has 0 aromatic carbocycles. The Bertz CT molecular complexity index is 486. The second kappa shape index (κ2) is 14.5. The molecule has 1 heterocycles. The van der Waals surface area contributed by atoms with Crippen LogP contribution < -0.4 is 0 Å². The van der Waals surface area contributed by atoms with Gasteiger partial charge in [0.25, 0.3) is 0 Å². The third-order valence-corrected chi connectivity index (χ3v) is 16.1. The van der Waals surface area contributed by atoms with Gasteiger partial charge in [-0.05, 0) is 44.6 Å². The first-order chi connectivity index (χ1) is 14.6. The number of epoxide rings is 1. The van der Waals surface area contributed by atoms with Crippen molar-refractivity contribution in [1.82, 2.24) is 0 Å². The van der Waals surface area contributed by atoms with E-state index < -0.39 is 31.8 Å². The molecule has 1 saturated heterocycles. The van der Waals surface area contributed by atoms with Gasteiger partial charge in [-0.25, -0.2) is 0 Å². The maximum absolute atomic E-state index is 11.0. The van der Waals surface area contributed by atoms with Gasteiger partial charge >= 0.3 is 17.4 Å². The summed E-state index contributed by atoms with van der Waals surface area (Å²) in [5.74, 6) is 0. The van der Waals surface area contributed by atoms with E-state index in [0.29, 0.717) is 44.4 Å². The zero-order valence-corrected chi connectivity index (χ0v) is 22.4. The van der Waals surface area contributed by atoms with Crippen LogP contribution >= 0.6 is 0 Å². The predicted octanol–water partition coefficient (Wildman–Crippen LogP) is 0.432. The smallest absolute Gasteiger partial charge is 0.436 e. The molecule has 0 bridgehead atoms. The summed E-state index contributed by atoms with van der Waals surface area (Å²) in [6, 6.07) is 1.52. The molecule has 0 aliphatic carbocycles. The average molecular weight is 503 g/mol. The van der Waals surface area contributed by atoms with Crippen molar-refractivity contribution in [3.05, 3.63) is 0 Å². The molecule has 0 amide bonds. The lowest BCUT2D eigenvalue weighted by Gasteiger charge is -2.39. The number of hydrogen-bond donors (Lipinski definition) is 4. The molecule has 4 unspecified atom stereocenters. The first-order valence-electron chi connectivity index (χ1n) is 10.9. The lowest BCUT2D eigenvalue weighted by atomic mass is 10.4. The van der Waals surface area contributed by atoms with Crippen LogP contribution in [0.1, 0.15) is 12.8 Å². The number of aliphatic hydroxyl groups is 3. The van der Waals surface area contributed by atoms with Crippen molar-refractivity contribution in [2.75, 3.05) is 53.4 Å². The molecule has 31 heavy (non-hydrogen) atoms. The molecule has 1 aliphatic heterocycles. The number of ether oxygens (including phenoxy) is 3. The average Bonchev–Trinajstić information content (AvgIpc) is 3.50. The van der Waals surface area contributed by atoms with Crippen LogP contribution in [0.25, 0.3) is 0 Å². The van der Waals surface area contributed by atoms with Crippen molar-refractivity contribution in [2.24, 2.45) is 0 Å². The molecule has 0 saturated carbocycles. The Balaban J connectivity index is 2.61. The highest BCUT2D eigenvalue weighted by Crippen LogP contribution is 2.28. The van der Waals surface area contributed by atoms with E-state index in [1.807, 2.05) is 19.6 Å². The lowest BCUT2D eigenvalue weighted by molar-refractivity contribution is 0.00576. The van der Waals surface area contributed by atoms with E-state index >= 15 is 0 Å². The van der Waals surface area contributed by atoms with Crippen LogP contribution in [0, 0.1) is 0 Å². The van der Waals surface area contributed by atoms with Crippen LogP contribution in [0.5, 0.6) is 0 Å². The summed E-state index contributed by atoms with van der Waals surface area (Å²) >= 11 is 0. The van der Waals surface area contributed by atoms with E-state index in [-0.39, 0.29) is 25.9 Å². The van der Waals surface area contributed by atoms with Crippen molar-refractivity contribution in [1.29, 1.82) is 0 Å². The van der Waals surface area contributed by atoms with Crippen LogP contribution in [0.15, 0.2) is 0 Å². The Kier molecular flexibility index (Phi) is 13.7. The molecule has 1 aliphatic rings. The van der Waals surface area contributed by atoms with Crippen LogP contribution in [0.2, 0.25) is 37.8 Å². The molecule has 0 spiro atoms. The van der Waals surface area contributed by atoms with Gasteiger partial charge in [0, 0.05) is 33.0 Å². The van der Waals surface area contributed by atoms with Crippen LogP contribution in [0.3, 0.4) is 0 Å². The molecule has 0 radical (unpaired) electrons. The summed E-state index contributed by atoms with van der Waals surface area (Å²) in [5.41, 5.74) is 0. The summed E-state index contributed by atoms with van der Waals surface area (Å²) in [6.07, 6.45) is 0.529. The predicted molar refractivity (Wildman–Crippen MR) is 121 cm³/mol. The first kappa shape index (κ1) is 29.3. The van der Waals surface area contributed by atoms with Gasteiger partial charge in [0.1, 0.15) is 12.2 Å². The van der Waals surface area contributed by atoms with Crippen molar-refractivity contribution in [3.63, 3.8) is 0 Å². The van der Waals surface area contributed by atoms with E-state index in [4.69, 9.17) is 32.0 Å². The van der Waals surface area contributed by atoms with Gasteiger partial charge in [0.15, 0.2) is 8.32 Å². The Morgan fingerprint density at radius 3 is 2.23 bits per heavy atom. The van der Waals surface area contributed by atoms with Gasteiger partial charge in [-0.15, -0.1) is 0 Å². The Morgan fingerprint density at radius 2 is 1.65 bits per heavy atom. The highest BCUT2D eigenvalue weighted by molar-refractivity contribution is 6.86. The van der Waals surface area contributed by atoms with E-state index in [0.717, 1.165) is 13.0 Å². The largest absolute Gasteiger partial charge is 0.489 e. The summed E-state index contributed by atoms with van der Waals surface area (Å²) < 4.78 is 34.3. The second-order valence-electron chi connectivity index (χ2n) is 8.64. The van der Waals surface area contributed by atoms with E-state index in [1.54, 1.807) is 0 Å². The monoisotopic (exact) mass is 502 g/mol. The zero-order valence-electron chi connectivity index (χ0n) is 19.4. The molecule has 4 atom stereocenters. The molecular formula is C18H42O10Si3. The minimum atomic E-state index is -3.50. The normalized spacial score (nSPS) is 21.5. The molecule has 4 N–H and O–H groups in total. The molecule has 1 rings (SSSR count). The maximum Gasteiger partial charge on any atom is 0.489 e. The van der Waals surface area contributed by atoms with Crippen molar-refractivity contribution < 1.29 is 47.0 Å². The van der Waals surface area contributed by atoms with E-state index in [2.05, 4.69) is 0 Å². The Hall–Kier alpha value is 0.251. The van der Waals surface area contributed by atoms with Gasteiger partial charge in [0.05, 0.1) is 26.4 Å². The fourth-order valence-electron chi connectivity index (χ4n) is 3.10. The second-order valence-corrected chi connectivity index (χ2v) is 19.4. The molecular weight excluding hydrogens is 460 g/mol. The molecule has 0 aromatic rings. The Labute approximate surface area is 189 Å². The zero-order chi connectivity index (χ0) is 23.4. The summed E-state index contributed by atoms with van der Waals surface area (Å²) in [7, 11) is -7.07. The van der Waals surface area contributed by atoms with Crippen LogP contribution in [0.4, 0.5) is 0 Å². The third-order valence-electron chi connectivity index (χ3n) is 4.83. The molecule has 186 valence electrons. The molecule has 1 fully saturated rings. The van der Waals surface area contributed by atoms with Gasteiger partial charge in [-0.3, -0.25) is 0 Å². The fourth-order valence-corrected chi connectivity index (χ4v) is 15.1. The first-order valence-corrected chi connectivity index (χ1v) is 18.5. The van der Waals surface area contributed by atoms with Crippen molar-refractivity contribution in [2.45, 2.75) is 62.8 Å². The van der Waals surface area contributed by atoms with E-state index in [1.165, 1.54) is 7.11 Å². The molecule has 0 aromatic heterocycles. The SMILES string of the molecule is CO[Si](O)(CCCOCC(O)CO)O[Si](C)(CCCOCC1CO1)O[Si](C)(C)CCO. The maximum atomic E-state index is 11.0. The number of aliphatic hydroxyl groups excluding tert-OH is 3. The van der Waals surface area contributed by atoms with Gasteiger partial charge < -0.3 is 47.0 Å². The van der Waals surface area contributed by atoms with Gasteiger partial charge in [-0.1, -0.05) is 0 Å². The standard InChI is InChI=1S/C18H42O10Si3/c1-23-31(22,11-6-9-24-14-17(21)13-20)28-30(4,27-29(2,3)12-7-19)10-5-8-25-15-18-16-26-18/h17-22H,5-16H2,1-4H3. The number of rotatable bonds is 20. The molecule has 13 heteroatoms. The van der Waals surface area contributed by atoms with Crippen molar-refractivity contribution >= 4 is 25.7 Å². The Morgan fingerprint density at radius 1 is 1.00 bits per heavy atom. The van der Waals surface area contributed by atoms with Crippen LogP contribution in [-0.2, 0) is 26.9 Å². The van der Waals surface area contributed by atoms with Gasteiger partial charge in [-0.2, -0.15) is 0 Å². The molecule has 10 nitrogen and oxygen atoms in total. The van der Waals surface area contributed by atoms with Gasteiger partial charge in [0.2, 0.25) is 0 Å².